The molecule has 4 amide bonds. The van der Waals surface area contributed by atoms with Gasteiger partial charge in [0.25, 0.3) is 0 Å². The van der Waals surface area contributed by atoms with Gasteiger partial charge in [-0.15, -0.1) is 0 Å². The van der Waals surface area contributed by atoms with Crippen molar-refractivity contribution in [1.29, 1.82) is 0 Å². The van der Waals surface area contributed by atoms with E-state index in [4.69, 9.17) is 11.5 Å². The van der Waals surface area contributed by atoms with Crippen LogP contribution in [0.4, 0.5) is 0 Å². The molecule has 0 aromatic heterocycles. The van der Waals surface area contributed by atoms with Crippen LogP contribution >= 0.6 is 0 Å². The predicted molar refractivity (Wildman–Crippen MR) is 166 cm³/mol. The van der Waals surface area contributed by atoms with Gasteiger partial charge < -0.3 is 41.7 Å². The first kappa shape index (κ1) is 37.0. The Bertz CT molecular complexity index is 865. The smallest absolute Gasteiger partial charge is 0.223 e. The maximum absolute atomic E-state index is 12.8. The van der Waals surface area contributed by atoms with Crippen molar-refractivity contribution in [2.75, 3.05) is 80.5 Å². The van der Waals surface area contributed by atoms with E-state index in [1.165, 1.54) is 0 Å². The van der Waals surface area contributed by atoms with Crippen molar-refractivity contribution in [3.8, 4) is 0 Å². The molecule has 0 aliphatic heterocycles. The summed E-state index contributed by atoms with van der Waals surface area (Å²) in [6.45, 7) is 5.16. The number of nitrogens with zero attached hydrogens (tertiary/aromatic N) is 4. The molecule has 0 saturated carbocycles. The molecule has 0 aliphatic carbocycles. The summed E-state index contributed by atoms with van der Waals surface area (Å²) in [4.78, 5) is 57.4. The Morgan fingerprint density at radius 2 is 0.952 bits per heavy atom. The molecule has 0 aliphatic rings. The third kappa shape index (κ3) is 17.0. The van der Waals surface area contributed by atoms with Crippen molar-refractivity contribution in [2.24, 2.45) is 11.5 Å². The van der Waals surface area contributed by atoms with Crippen molar-refractivity contribution in [3.63, 3.8) is 0 Å². The van der Waals surface area contributed by atoms with E-state index in [0.29, 0.717) is 52.4 Å². The van der Waals surface area contributed by atoms with Crippen molar-refractivity contribution >= 4 is 23.6 Å². The largest absolute Gasteiger partial charge is 0.356 e. The average molecular weight is 591 g/mol. The zero-order chi connectivity index (χ0) is 31.3. The molecule has 0 unspecified atom stereocenters. The number of rotatable bonds is 22. The molecule has 0 heterocycles. The van der Waals surface area contributed by atoms with Crippen LogP contribution in [-0.2, 0) is 32.3 Å². The van der Waals surface area contributed by atoms with Crippen LogP contribution in [0.15, 0.2) is 24.3 Å². The quantitative estimate of drug-likeness (QED) is 0.137. The molecule has 0 radical (unpaired) electrons. The van der Waals surface area contributed by atoms with Crippen LogP contribution in [0.2, 0.25) is 0 Å². The molecule has 1 aromatic rings. The molecular weight excluding hydrogens is 536 g/mol. The SMILES string of the molecule is CN(C)CCCNC(=O)CCC(=O)N(CCN)Cc1ccc(CN(CCN)C(=O)CCC(=O)NCCCN(C)C)cc1. The zero-order valence-electron chi connectivity index (χ0n) is 26.2. The van der Waals surface area contributed by atoms with E-state index >= 15 is 0 Å². The Morgan fingerprint density at radius 1 is 0.595 bits per heavy atom. The van der Waals surface area contributed by atoms with Crippen molar-refractivity contribution < 1.29 is 19.2 Å². The fraction of sp³-hybridized carbons (Fsp3) is 0.667. The second kappa shape index (κ2) is 21.6. The number of carbonyl (C=O) groups excluding carboxylic acids is 4. The van der Waals surface area contributed by atoms with Crippen LogP contribution in [0.5, 0.6) is 0 Å². The molecule has 42 heavy (non-hydrogen) atoms. The highest BCUT2D eigenvalue weighted by Gasteiger charge is 2.17. The lowest BCUT2D eigenvalue weighted by atomic mass is 10.1. The minimum absolute atomic E-state index is 0.116. The van der Waals surface area contributed by atoms with E-state index in [1.807, 2.05) is 52.5 Å². The fourth-order valence-corrected chi connectivity index (χ4v) is 4.27. The molecule has 1 aromatic carbocycles. The second-order valence-corrected chi connectivity index (χ2v) is 11.0. The fourth-order valence-electron chi connectivity index (χ4n) is 4.27. The molecule has 6 N–H and O–H groups in total. The summed E-state index contributed by atoms with van der Waals surface area (Å²) in [5.74, 6) is -0.489. The summed E-state index contributed by atoms with van der Waals surface area (Å²) in [6, 6.07) is 7.71. The molecule has 12 nitrogen and oxygen atoms in total. The minimum Gasteiger partial charge on any atom is -0.356 e. The van der Waals surface area contributed by atoms with Gasteiger partial charge in [-0.05, 0) is 65.2 Å². The van der Waals surface area contributed by atoms with Gasteiger partial charge in [-0.1, -0.05) is 24.3 Å². The first-order chi connectivity index (χ1) is 20.0. The number of nitrogens with two attached hydrogens (primary N) is 2. The Kier molecular flexibility index (Phi) is 19.0. The zero-order valence-corrected chi connectivity index (χ0v) is 26.2. The van der Waals surface area contributed by atoms with E-state index < -0.39 is 0 Å². The lowest BCUT2D eigenvalue weighted by Crippen LogP contribution is -2.36. The van der Waals surface area contributed by atoms with Crippen LogP contribution in [-0.4, -0.2) is 124 Å². The highest BCUT2D eigenvalue weighted by Crippen LogP contribution is 2.12. The first-order valence-electron chi connectivity index (χ1n) is 14.9. The molecule has 12 heteroatoms. The number of amides is 4. The van der Waals surface area contributed by atoms with E-state index in [0.717, 1.165) is 37.1 Å². The summed E-state index contributed by atoms with van der Waals surface area (Å²) < 4.78 is 0. The van der Waals surface area contributed by atoms with Crippen molar-refractivity contribution in [1.82, 2.24) is 30.2 Å². The number of hydrogen-bond acceptors (Lipinski definition) is 8. The van der Waals surface area contributed by atoms with Crippen molar-refractivity contribution in [3.05, 3.63) is 35.4 Å². The topological polar surface area (TPSA) is 157 Å². The van der Waals surface area contributed by atoms with Crippen LogP contribution in [0.25, 0.3) is 0 Å². The monoisotopic (exact) mass is 590 g/mol. The predicted octanol–water partition coefficient (Wildman–Crippen LogP) is -0.0426. The van der Waals surface area contributed by atoms with Gasteiger partial charge in [0.15, 0.2) is 0 Å². The third-order valence-electron chi connectivity index (χ3n) is 6.61. The number of carbonyl (C=O) groups is 4. The van der Waals surface area contributed by atoms with Gasteiger partial charge >= 0.3 is 0 Å². The molecule has 0 fully saturated rings. The minimum atomic E-state index is -0.128. The maximum Gasteiger partial charge on any atom is 0.223 e. The van der Waals surface area contributed by atoms with E-state index in [9.17, 15) is 19.2 Å². The van der Waals surface area contributed by atoms with Gasteiger partial charge in [-0.25, -0.2) is 0 Å². The Balaban J connectivity index is 2.58. The van der Waals surface area contributed by atoms with E-state index in [2.05, 4.69) is 20.4 Å². The number of benzene rings is 1. The molecular formula is C30H54N8O4. The Labute approximate surface area is 252 Å². The van der Waals surface area contributed by atoms with E-state index in [-0.39, 0.29) is 49.3 Å². The summed E-state index contributed by atoms with van der Waals surface area (Å²) in [5.41, 5.74) is 13.4. The lowest BCUT2D eigenvalue weighted by Gasteiger charge is -2.24. The summed E-state index contributed by atoms with van der Waals surface area (Å²) >= 11 is 0. The van der Waals surface area contributed by atoms with Crippen LogP contribution < -0.4 is 22.1 Å². The standard InChI is InChI=1S/C30H54N8O4/c1-35(2)19-5-17-33-27(39)11-13-29(41)37(21-15-31)23-25-7-9-26(10-8-25)24-38(22-16-32)30(42)14-12-28(40)34-18-6-20-36(3)4/h7-10H,5-6,11-24,31-32H2,1-4H3,(H,33,39)(H,34,40). The van der Waals surface area contributed by atoms with Gasteiger partial charge in [-0.2, -0.15) is 0 Å². The van der Waals surface area contributed by atoms with Gasteiger partial charge in [0.1, 0.15) is 0 Å². The highest BCUT2D eigenvalue weighted by molar-refractivity contribution is 5.84. The van der Waals surface area contributed by atoms with Gasteiger partial charge in [0, 0.05) is 78.0 Å². The Morgan fingerprint density at radius 3 is 1.26 bits per heavy atom. The van der Waals surface area contributed by atoms with Crippen LogP contribution in [0.3, 0.4) is 0 Å². The van der Waals surface area contributed by atoms with Gasteiger partial charge in [-0.3, -0.25) is 19.2 Å². The number of nitrogens with one attached hydrogen (secondary N) is 2. The third-order valence-corrected chi connectivity index (χ3v) is 6.61. The molecule has 0 spiro atoms. The lowest BCUT2D eigenvalue weighted by molar-refractivity contribution is -0.134. The Hall–Kier alpha value is -3.06. The average Bonchev–Trinajstić information content (AvgIpc) is 2.95. The summed E-state index contributed by atoms with van der Waals surface area (Å²) in [7, 11) is 7.94. The van der Waals surface area contributed by atoms with Gasteiger partial charge in [0.2, 0.25) is 23.6 Å². The molecule has 0 saturated heterocycles. The highest BCUT2D eigenvalue weighted by atomic mass is 16.2. The maximum atomic E-state index is 12.8. The van der Waals surface area contributed by atoms with Crippen LogP contribution in [0.1, 0.15) is 49.7 Å². The summed E-state index contributed by atoms with van der Waals surface area (Å²) in [5, 5.41) is 5.72. The second-order valence-electron chi connectivity index (χ2n) is 11.0. The van der Waals surface area contributed by atoms with Gasteiger partial charge in [0.05, 0.1) is 0 Å². The summed E-state index contributed by atoms with van der Waals surface area (Å²) in [6.07, 6.45) is 2.25. The normalized spacial score (nSPS) is 11.0. The first-order valence-corrected chi connectivity index (χ1v) is 14.9. The van der Waals surface area contributed by atoms with Crippen molar-refractivity contribution in [2.45, 2.75) is 51.6 Å². The molecule has 238 valence electrons. The van der Waals surface area contributed by atoms with Crippen LogP contribution in [0, 0.1) is 0 Å². The molecule has 1 rings (SSSR count). The molecule has 0 atom stereocenters. The molecule has 0 bridgehead atoms. The van der Waals surface area contributed by atoms with E-state index in [1.54, 1.807) is 9.80 Å². The number of hydrogen-bond donors (Lipinski definition) is 4.